The summed E-state index contributed by atoms with van der Waals surface area (Å²) in [7, 11) is 0. The van der Waals surface area contributed by atoms with Gasteiger partial charge in [0.1, 0.15) is 4.60 Å². The number of alkyl halides is 3. The maximum absolute atomic E-state index is 11.8. The van der Waals surface area contributed by atoms with E-state index in [1.807, 2.05) is 0 Å². The summed E-state index contributed by atoms with van der Waals surface area (Å²) in [6, 6.07) is 3.32. The van der Waals surface area contributed by atoms with E-state index in [1.54, 1.807) is 12.1 Å². The van der Waals surface area contributed by atoms with Gasteiger partial charge in [-0.3, -0.25) is 0 Å². The first-order valence-electron chi connectivity index (χ1n) is 4.02. The zero-order valence-corrected chi connectivity index (χ0v) is 8.77. The average molecular weight is 269 g/mol. The van der Waals surface area contributed by atoms with E-state index in [1.165, 1.54) is 0 Å². The van der Waals surface area contributed by atoms with Gasteiger partial charge >= 0.3 is 6.18 Å². The van der Waals surface area contributed by atoms with Crippen LogP contribution in [0.15, 0.2) is 16.7 Å². The molecule has 0 amide bonds. The van der Waals surface area contributed by atoms with Crippen LogP contribution in [0.5, 0.6) is 0 Å². The molecule has 0 unspecified atom stereocenters. The lowest BCUT2D eigenvalue weighted by Crippen LogP contribution is -2.07. The van der Waals surface area contributed by atoms with E-state index in [-0.39, 0.29) is 6.42 Å². The summed E-state index contributed by atoms with van der Waals surface area (Å²) >= 11 is 3.09. The van der Waals surface area contributed by atoms with Gasteiger partial charge < -0.3 is 0 Å². The third-order valence-corrected chi connectivity index (χ3v) is 2.00. The van der Waals surface area contributed by atoms with Crippen molar-refractivity contribution < 1.29 is 13.2 Å². The minimum Gasteiger partial charge on any atom is -0.171 e. The van der Waals surface area contributed by atoms with Crippen molar-refractivity contribution in [3.8, 4) is 0 Å². The van der Waals surface area contributed by atoms with Gasteiger partial charge in [0.15, 0.2) is 0 Å². The van der Waals surface area contributed by atoms with Crippen molar-refractivity contribution in [3.05, 3.63) is 22.4 Å². The standard InChI is InChI=1S/C8H8BrF3N2/c9-7-4-3-6(13-14-7)2-1-5-8(10,11)12/h3-4H,1-2,5H2. The molecule has 0 atom stereocenters. The summed E-state index contributed by atoms with van der Waals surface area (Å²) in [5, 5.41) is 7.41. The van der Waals surface area contributed by atoms with Crippen LogP contribution in [0.1, 0.15) is 18.5 Å². The molecule has 1 rings (SSSR count). The Kier molecular flexibility index (Phi) is 3.86. The lowest BCUT2D eigenvalue weighted by Gasteiger charge is -2.04. The molecule has 0 N–H and O–H groups in total. The molecule has 1 heterocycles. The van der Waals surface area contributed by atoms with Crippen LogP contribution in [-0.2, 0) is 6.42 Å². The van der Waals surface area contributed by atoms with Gasteiger partial charge in [0.2, 0.25) is 0 Å². The topological polar surface area (TPSA) is 25.8 Å². The minimum absolute atomic E-state index is 0.0554. The number of aryl methyl sites for hydroxylation is 1. The van der Waals surface area contributed by atoms with Crippen LogP contribution in [0.25, 0.3) is 0 Å². The van der Waals surface area contributed by atoms with Crippen molar-refractivity contribution in [1.29, 1.82) is 0 Å². The van der Waals surface area contributed by atoms with Crippen molar-refractivity contribution in [2.45, 2.75) is 25.4 Å². The van der Waals surface area contributed by atoms with Crippen LogP contribution in [0.2, 0.25) is 0 Å². The number of hydrogen-bond acceptors (Lipinski definition) is 2. The molecular formula is C8H8BrF3N2. The molecule has 0 aliphatic heterocycles. The van der Waals surface area contributed by atoms with E-state index in [0.717, 1.165) is 0 Å². The molecule has 0 aromatic carbocycles. The Morgan fingerprint density at radius 3 is 2.43 bits per heavy atom. The van der Waals surface area contributed by atoms with Crippen LogP contribution >= 0.6 is 15.9 Å². The summed E-state index contributed by atoms with van der Waals surface area (Å²) in [5.74, 6) is 0. The number of aromatic nitrogens is 2. The van der Waals surface area contributed by atoms with Gasteiger partial charge in [-0.15, -0.1) is 5.10 Å². The first kappa shape index (κ1) is 11.4. The Hall–Kier alpha value is -0.650. The second-order valence-corrected chi connectivity index (χ2v) is 3.63. The van der Waals surface area contributed by atoms with Gasteiger partial charge in [-0.25, -0.2) is 0 Å². The molecule has 0 radical (unpaired) electrons. The van der Waals surface area contributed by atoms with Crippen molar-refractivity contribution in [2.24, 2.45) is 0 Å². The molecule has 0 fully saturated rings. The highest BCUT2D eigenvalue weighted by Crippen LogP contribution is 2.22. The highest BCUT2D eigenvalue weighted by atomic mass is 79.9. The Balaban J connectivity index is 2.35. The molecule has 6 heteroatoms. The molecule has 1 aromatic rings. The van der Waals surface area contributed by atoms with Crippen LogP contribution in [0.3, 0.4) is 0 Å². The summed E-state index contributed by atoms with van der Waals surface area (Å²) in [6.45, 7) is 0. The fraction of sp³-hybridized carbons (Fsp3) is 0.500. The smallest absolute Gasteiger partial charge is 0.171 e. The van der Waals surface area contributed by atoms with Crippen LogP contribution in [-0.4, -0.2) is 16.4 Å². The van der Waals surface area contributed by atoms with Gasteiger partial charge in [-0.05, 0) is 40.9 Å². The molecule has 1 aromatic heterocycles. The Bertz CT molecular complexity index is 284. The maximum atomic E-state index is 11.8. The number of hydrogen-bond donors (Lipinski definition) is 0. The van der Waals surface area contributed by atoms with Crippen molar-refractivity contribution in [3.63, 3.8) is 0 Å². The van der Waals surface area contributed by atoms with Crippen molar-refractivity contribution >= 4 is 15.9 Å². The quantitative estimate of drug-likeness (QED) is 0.842. The second kappa shape index (κ2) is 4.72. The second-order valence-electron chi connectivity index (χ2n) is 2.82. The number of nitrogens with zero attached hydrogens (tertiary/aromatic N) is 2. The molecule has 0 saturated heterocycles. The third-order valence-electron chi connectivity index (χ3n) is 1.58. The van der Waals surface area contributed by atoms with Gasteiger partial charge in [-0.1, -0.05) is 0 Å². The predicted molar refractivity (Wildman–Crippen MR) is 48.7 cm³/mol. The van der Waals surface area contributed by atoms with Crippen molar-refractivity contribution in [2.75, 3.05) is 0 Å². The highest BCUT2D eigenvalue weighted by molar-refractivity contribution is 9.10. The molecule has 0 aliphatic rings. The average Bonchev–Trinajstić information content (AvgIpc) is 2.06. The Labute approximate surface area is 87.7 Å². The van der Waals surface area contributed by atoms with E-state index in [0.29, 0.717) is 16.7 Å². The number of rotatable bonds is 3. The summed E-state index contributed by atoms with van der Waals surface area (Å²) in [4.78, 5) is 0. The van der Waals surface area contributed by atoms with Crippen molar-refractivity contribution in [1.82, 2.24) is 10.2 Å². The van der Waals surface area contributed by atoms with Gasteiger partial charge in [0.05, 0.1) is 5.69 Å². The van der Waals surface area contributed by atoms with Gasteiger partial charge in [-0.2, -0.15) is 18.3 Å². The zero-order valence-electron chi connectivity index (χ0n) is 7.18. The number of halogens is 4. The van der Waals surface area contributed by atoms with Crippen LogP contribution in [0.4, 0.5) is 13.2 Å². The first-order chi connectivity index (χ1) is 6.47. The fourth-order valence-corrected chi connectivity index (χ4v) is 1.16. The fourth-order valence-electron chi connectivity index (χ4n) is 0.947. The molecule has 78 valence electrons. The molecule has 0 aliphatic carbocycles. The molecule has 14 heavy (non-hydrogen) atoms. The summed E-state index contributed by atoms with van der Waals surface area (Å²) in [6.07, 6.45) is -4.49. The van der Waals surface area contributed by atoms with Crippen LogP contribution < -0.4 is 0 Å². The first-order valence-corrected chi connectivity index (χ1v) is 4.81. The SMILES string of the molecule is FC(F)(F)CCCc1ccc(Br)nn1. The van der Waals surface area contributed by atoms with E-state index < -0.39 is 12.6 Å². The van der Waals surface area contributed by atoms with E-state index in [9.17, 15) is 13.2 Å². The highest BCUT2D eigenvalue weighted by Gasteiger charge is 2.25. The maximum Gasteiger partial charge on any atom is 0.389 e. The third kappa shape index (κ3) is 4.55. The lowest BCUT2D eigenvalue weighted by atomic mass is 10.2. The minimum atomic E-state index is -4.08. The van der Waals surface area contributed by atoms with E-state index >= 15 is 0 Å². The predicted octanol–water partition coefficient (Wildman–Crippen LogP) is 3.12. The Morgan fingerprint density at radius 1 is 1.21 bits per heavy atom. The van der Waals surface area contributed by atoms with Gasteiger partial charge in [0, 0.05) is 6.42 Å². The summed E-state index contributed by atoms with van der Waals surface area (Å²) < 4.78 is 35.9. The lowest BCUT2D eigenvalue weighted by molar-refractivity contribution is -0.135. The molecule has 0 spiro atoms. The monoisotopic (exact) mass is 268 g/mol. The van der Waals surface area contributed by atoms with Gasteiger partial charge in [0.25, 0.3) is 0 Å². The van der Waals surface area contributed by atoms with E-state index in [2.05, 4.69) is 26.1 Å². The Morgan fingerprint density at radius 2 is 1.93 bits per heavy atom. The van der Waals surface area contributed by atoms with Crippen LogP contribution in [0, 0.1) is 0 Å². The zero-order chi connectivity index (χ0) is 10.6. The summed E-state index contributed by atoms with van der Waals surface area (Å²) in [5.41, 5.74) is 0.581. The molecule has 0 saturated carbocycles. The molecule has 0 bridgehead atoms. The van der Waals surface area contributed by atoms with E-state index in [4.69, 9.17) is 0 Å². The molecule has 2 nitrogen and oxygen atoms in total. The molecular weight excluding hydrogens is 261 g/mol. The normalized spacial score (nSPS) is 11.7. The largest absolute Gasteiger partial charge is 0.389 e.